The van der Waals surface area contributed by atoms with E-state index >= 15 is 0 Å². The molecule has 0 aliphatic heterocycles. The van der Waals surface area contributed by atoms with Crippen LogP contribution in [0.3, 0.4) is 0 Å². The molecule has 12 heavy (non-hydrogen) atoms. The second-order valence-corrected chi connectivity index (χ2v) is 1.96. The van der Waals surface area contributed by atoms with Crippen LogP contribution in [0.25, 0.3) is 0 Å². The van der Waals surface area contributed by atoms with Gasteiger partial charge in [-0.15, -0.1) is 0 Å². The van der Waals surface area contributed by atoms with Crippen molar-refractivity contribution in [3.05, 3.63) is 18.0 Å². The highest BCUT2D eigenvalue weighted by Crippen LogP contribution is 1.88. The van der Waals surface area contributed by atoms with Gasteiger partial charge >= 0.3 is 0 Å². The monoisotopic (exact) mass is 165 g/mol. The fourth-order valence-corrected chi connectivity index (χ4v) is 0.556. The number of nitrogens with two attached hydrogens (primary N) is 2. The lowest BCUT2D eigenvalue weighted by atomic mass is 10.5. The van der Waals surface area contributed by atoms with E-state index in [1.54, 1.807) is 0 Å². The van der Waals surface area contributed by atoms with Gasteiger partial charge in [0.2, 0.25) is 0 Å². The van der Waals surface area contributed by atoms with Crippen molar-refractivity contribution >= 4 is 11.7 Å². The van der Waals surface area contributed by atoms with Crippen molar-refractivity contribution in [3.8, 4) is 0 Å². The van der Waals surface area contributed by atoms with Gasteiger partial charge in [-0.2, -0.15) is 0 Å². The van der Waals surface area contributed by atoms with Crippen LogP contribution in [-0.4, -0.2) is 26.6 Å². The lowest BCUT2D eigenvalue weighted by molar-refractivity contribution is 0.991. The quantitative estimate of drug-likeness (QED) is 0.310. The van der Waals surface area contributed by atoms with Gasteiger partial charge in [0.1, 0.15) is 6.33 Å². The van der Waals surface area contributed by atoms with Gasteiger partial charge in [-0.25, -0.2) is 15.0 Å². The molecule has 1 rings (SSSR count). The number of hydrogen-bond donors (Lipinski definition) is 4. The Kier molecular flexibility index (Phi) is 1.95. The number of hydrogen-bond acceptors (Lipinski definition) is 5. The summed E-state index contributed by atoms with van der Waals surface area (Å²) < 4.78 is 0. The number of amidine groups is 2. The third-order valence-corrected chi connectivity index (χ3v) is 1.05. The zero-order valence-electron chi connectivity index (χ0n) is 6.07. The largest absolute Gasteiger partial charge is 0.381 e. The minimum Gasteiger partial charge on any atom is -0.381 e. The van der Waals surface area contributed by atoms with Gasteiger partial charge in [0.05, 0.1) is 0 Å². The third kappa shape index (κ3) is 1.51. The molecule has 0 aromatic carbocycles. The highest BCUT2D eigenvalue weighted by atomic mass is 15.1. The van der Waals surface area contributed by atoms with E-state index in [0.717, 1.165) is 6.33 Å². The molecular weight excluding hydrogens is 158 g/mol. The summed E-state index contributed by atoms with van der Waals surface area (Å²) in [5.74, 6) is -0.509. The van der Waals surface area contributed by atoms with Crippen LogP contribution in [0.5, 0.6) is 0 Å². The highest BCUT2D eigenvalue weighted by molar-refractivity contribution is 5.94. The molecule has 0 aliphatic rings. The number of rotatable bonds is 2. The molecule has 7 heteroatoms. The third-order valence-electron chi connectivity index (χ3n) is 1.05. The molecule has 1 aromatic heterocycles. The van der Waals surface area contributed by atoms with E-state index in [2.05, 4.69) is 15.0 Å². The molecule has 0 bridgehead atoms. The standard InChI is InChI=1S/C5H7N7/c6-2(7)4-10-1-11-5(12-4)3(8)9/h1H,(H3,6,7)(H3,8,9). The fraction of sp³-hybridized carbons (Fsp3) is 0. The molecule has 0 radical (unpaired) electrons. The zero-order valence-corrected chi connectivity index (χ0v) is 6.07. The molecule has 0 saturated heterocycles. The van der Waals surface area contributed by atoms with Crippen LogP contribution < -0.4 is 11.5 Å². The average Bonchev–Trinajstić information content (AvgIpc) is 2.04. The van der Waals surface area contributed by atoms with Crippen molar-refractivity contribution in [1.82, 2.24) is 15.0 Å². The maximum Gasteiger partial charge on any atom is 0.198 e. The van der Waals surface area contributed by atoms with Crippen molar-refractivity contribution in [3.63, 3.8) is 0 Å². The number of aromatic nitrogens is 3. The van der Waals surface area contributed by atoms with Crippen LogP contribution in [0.1, 0.15) is 11.6 Å². The van der Waals surface area contributed by atoms with E-state index in [0.29, 0.717) is 0 Å². The smallest absolute Gasteiger partial charge is 0.198 e. The Hall–Kier alpha value is -2.05. The molecule has 1 heterocycles. The molecule has 0 atom stereocenters. The van der Waals surface area contributed by atoms with E-state index < -0.39 is 0 Å². The molecule has 0 fully saturated rings. The van der Waals surface area contributed by atoms with Gasteiger partial charge in [-0.3, -0.25) is 10.8 Å². The molecule has 0 unspecified atom stereocenters. The van der Waals surface area contributed by atoms with E-state index in [-0.39, 0.29) is 23.3 Å². The predicted molar refractivity (Wildman–Crippen MR) is 41.9 cm³/mol. The second kappa shape index (κ2) is 2.91. The van der Waals surface area contributed by atoms with Crippen molar-refractivity contribution in [2.45, 2.75) is 0 Å². The summed E-state index contributed by atoms with van der Waals surface area (Å²) in [6.45, 7) is 0. The maximum absolute atomic E-state index is 6.99. The van der Waals surface area contributed by atoms with Gasteiger partial charge in [0.25, 0.3) is 0 Å². The first-order chi connectivity index (χ1) is 5.61. The van der Waals surface area contributed by atoms with Crippen molar-refractivity contribution in [2.75, 3.05) is 0 Å². The predicted octanol–water partition coefficient (Wildman–Crippen LogP) is -1.56. The maximum atomic E-state index is 6.99. The first-order valence-corrected chi connectivity index (χ1v) is 2.99. The molecule has 0 saturated carbocycles. The lowest BCUT2D eigenvalue weighted by Crippen LogP contribution is -2.21. The minimum atomic E-state index is -0.278. The molecular formula is C5H7N7. The van der Waals surface area contributed by atoms with Crippen molar-refractivity contribution < 1.29 is 0 Å². The normalized spacial score (nSPS) is 9.33. The van der Waals surface area contributed by atoms with Gasteiger partial charge < -0.3 is 11.5 Å². The average molecular weight is 165 g/mol. The van der Waals surface area contributed by atoms with E-state index in [4.69, 9.17) is 22.3 Å². The Bertz CT molecular complexity index is 301. The highest BCUT2D eigenvalue weighted by Gasteiger charge is 2.04. The van der Waals surface area contributed by atoms with Crippen LogP contribution in [0.2, 0.25) is 0 Å². The van der Waals surface area contributed by atoms with Crippen LogP contribution in [0.15, 0.2) is 6.33 Å². The van der Waals surface area contributed by atoms with Crippen molar-refractivity contribution in [1.29, 1.82) is 10.8 Å². The summed E-state index contributed by atoms with van der Waals surface area (Å²) in [5.41, 5.74) is 10.2. The Balaban J connectivity index is 3.12. The van der Waals surface area contributed by atoms with Gasteiger partial charge in [0.15, 0.2) is 23.3 Å². The molecule has 62 valence electrons. The molecule has 6 N–H and O–H groups in total. The summed E-state index contributed by atoms with van der Waals surface area (Å²) in [6.07, 6.45) is 1.15. The van der Waals surface area contributed by atoms with Crippen LogP contribution in [0.4, 0.5) is 0 Å². The lowest BCUT2D eigenvalue weighted by Gasteiger charge is -1.97. The van der Waals surface area contributed by atoms with Crippen LogP contribution in [0, 0.1) is 10.8 Å². The molecule has 0 aliphatic carbocycles. The Labute approximate surface area is 67.9 Å². The first-order valence-electron chi connectivity index (χ1n) is 2.99. The minimum absolute atomic E-state index is 0.0233. The Morgan fingerprint density at radius 3 is 1.83 bits per heavy atom. The summed E-state index contributed by atoms with van der Waals surface area (Å²) >= 11 is 0. The summed E-state index contributed by atoms with van der Waals surface area (Å²) in [7, 11) is 0. The van der Waals surface area contributed by atoms with Crippen LogP contribution in [-0.2, 0) is 0 Å². The van der Waals surface area contributed by atoms with Crippen LogP contribution >= 0.6 is 0 Å². The number of nitrogens with zero attached hydrogens (tertiary/aromatic N) is 3. The Morgan fingerprint density at radius 2 is 1.50 bits per heavy atom. The Morgan fingerprint density at radius 1 is 1.08 bits per heavy atom. The molecule has 1 aromatic rings. The second-order valence-electron chi connectivity index (χ2n) is 1.96. The van der Waals surface area contributed by atoms with E-state index in [1.165, 1.54) is 0 Å². The van der Waals surface area contributed by atoms with Gasteiger partial charge in [-0.05, 0) is 0 Å². The summed E-state index contributed by atoms with van der Waals surface area (Å²) in [5, 5.41) is 14.0. The van der Waals surface area contributed by atoms with Gasteiger partial charge in [-0.1, -0.05) is 0 Å². The van der Waals surface area contributed by atoms with Crippen molar-refractivity contribution in [2.24, 2.45) is 11.5 Å². The van der Waals surface area contributed by atoms with E-state index in [9.17, 15) is 0 Å². The molecule has 7 nitrogen and oxygen atoms in total. The molecule has 0 amide bonds. The molecule has 0 spiro atoms. The SMILES string of the molecule is N=C(N)c1ncnc(C(=N)N)n1. The summed E-state index contributed by atoms with van der Waals surface area (Å²) in [4.78, 5) is 10.8. The number of nitrogens with one attached hydrogen (secondary N) is 2. The number of nitrogen functional groups attached to an aromatic ring is 2. The van der Waals surface area contributed by atoms with E-state index in [1.807, 2.05) is 0 Å². The summed E-state index contributed by atoms with van der Waals surface area (Å²) in [6, 6.07) is 0. The topological polar surface area (TPSA) is 138 Å². The van der Waals surface area contributed by atoms with Gasteiger partial charge in [0, 0.05) is 0 Å². The zero-order chi connectivity index (χ0) is 9.14. The fourth-order valence-electron chi connectivity index (χ4n) is 0.556. The first kappa shape index (κ1) is 8.05.